The number of thiophene rings is 1. The van der Waals surface area contributed by atoms with Crippen LogP contribution in [0.25, 0.3) is 0 Å². The van der Waals surface area contributed by atoms with Crippen LogP contribution >= 0.6 is 34.7 Å². The standard InChI is InChI=1S/C15H14ClNOS2/c1-9-7-14(20-10(9)2)15(18)17-5-6-19-13-4-3-11(16)8-12(13)17/h3-4,7-8H,5-6H2,1-2H3. The van der Waals surface area contributed by atoms with Crippen LogP contribution < -0.4 is 4.90 Å². The van der Waals surface area contributed by atoms with E-state index in [1.807, 2.05) is 43.0 Å². The van der Waals surface area contributed by atoms with Gasteiger partial charge in [-0.1, -0.05) is 11.6 Å². The Morgan fingerprint density at radius 2 is 2.10 bits per heavy atom. The molecule has 0 radical (unpaired) electrons. The van der Waals surface area contributed by atoms with Crippen LogP contribution in [0.15, 0.2) is 29.2 Å². The van der Waals surface area contributed by atoms with Crippen molar-refractivity contribution in [3.05, 3.63) is 44.6 Å². The van der Waals surface area contributed by atoms with Gasteiger partial charge in [-0.2, -0.15) is 0 Å². The van der Waals surface area contributed by atoms with Gasteiger partial charge in [-0.3, -0.25) is 4.79 Å². The summed E-state index contributed by atoms with van der Waals surface area (Å²) in [5, 5.41) is 0.669. The van der Waals surface area contributed by atoms with Crippen LogP contribution in [0.3, 0.4) is 0 Å². The fraction of sp³-hybridized carbons (Fsp3) is 0.267. The number of amides is 1. The predicted octanol–water partition coefficient (Wildman–Crippen LogP) is 4.77. The van der Waals surface area contributed by atoms with Crippen molar-refractivity contribution in [2.45, 2.75) is 18.7 Å². The maximum atomic E-state index is 12.7. The van der Waals surface area contributed by atoms with Gasteiger partial charge in [0.05, 0.1) is 10.6 Å². The van der Waals surface area contributed by atoms with E-state index in [-0.39, 0.29) is 5.91 Å². The van der Waals surface area contributed by atoms with Crippen molar-refractivity contribution >= 4 is 46.3 Å². The third-order valence-electron chi connectivity index (χ3n) is 3.41. The number of hydrogen-bond donors (Lipinski definition) is 0. The number of thioether (sulfide) groups is 1. The van der Waals surface area contributed by atoms with Crippen molar-refractivity contribution < 1.29 is 4.79 Å². The molecule has 2 aromatic rings. The van der Waals surface area contributed by atoms with E-state index >= 15 is 0 Å². The molecule has 0 aliphatic carbocycles. The van der Waals surface area contributed by atoms with Gasteiger partial charge in [-0.05, 0) is 43.7 Å². The van der Waals surface area contributed by atoms with E-state index in [0.29, 0.717) is 5.02 Å². The number of fused-ring (bicyclic) bond motifs is 1. The normalized spacial score (nSPS) is 14.2. The SMILES string of the molecule is Cc1cc(C(=O)N2CCSc3ccc(Cl)cc32)sc1C. The van der Waals surface area contributed by atoms with Gasteiger partial charge in [0.15, 0.2) is 0 Å². The zero-order chi connectivity index (χ0) is 14.3. The Hall–Kier alpha value is -0.970. The van der Waals surface area contributed by atoms with Crippen molar-refractivity contribution in [1.82, 2.24) is 0 Å². The highest BCUT2D eigenvalue weighted by molar-refractivity contribution is 7.99. The minimum atomic E-state index is 0.0787. The highest BCUT2D eigenvalue weighted by Crippen LogP contribution is 2.37. The number of carbonyl (C=O) groups is 1. The van der Waals surface area contributed by atoms with Gasteiger partial charge < -0.3 is 4.90 Å². The molecule has 0 fully saturated rings. The Morgan fingerprint density at radius 1 is 1.30 bits per heavy atom. The van der Waals surface area contributed by atoms with Gasteiger partial charge in [-0.15, -0.1) is 23.1 Å². The van der Waals surface area contributed by atoms with Gasteiger partial charge in [0, 0.05) is 27.1 Å². The van der Waals surface area contributed by atoms with Gasteiger partial charge in [0.2, 0.25) is 0 Å². The Balaban J connectivity index is 1.99. The van der Waals surface area contributed by atoms with E-state index in [4.69, 9.17) is 11.6 Å². The van der Waals surface area contributed by atoms with E-state index in [9.17, 15) is 4.79 Å². The summed E-state index contributed by atoms with van der Waals surface area (Å²) in [5.74, 6) is 0.999. The molecule has 104 valence electrons. The molecule has 5 heteroatoms. The molecule has 1 aromatic carbocycles. The van der Waals surface area contributed by atoms with Gasteiger partial charge in [0.1, 0.15) is 0 Å². The molecule has 0 saturated carbocycles. The number of rotatable bonds is 1. The van der Waals surface area contributed by atoms with Crippen LogP contribution in [0, 0.1) is 13.8 Å². The number of nitrogens with zero attached hydrogens (tertiary/aromatic N) is 1. The number of benzene rings is 1. The Kier molecular flexibility index (Phi) is 3.80. The highest BCUT2D eigenvalue weighted by atomic mass is 35.5. The minimum Gasteiger partial charge on any atom is -0.306 e. The first-order chi connectivity index (χ1) is 9.56. The summed E-state index contributed by atoms with van der Waals surface area (Å²) in [6, 6.07) is 7.73. The Bertz CT molecular complexity index is 661. The lowest BCUT2D eigenvalue weighted by atomic mass is 10.2. The molecule has 1 aromatic heterocycles. The summed E-state index contributed by atoms with van der Waals surface area (Å²) < 4.78 is 0. The molecule has 0 N–H and O–H groups in total. The van der Waals surface area contributed by atoms with Crippen molar-refractivity contribution in [3.63, 3.8) is 0 Å². The topological polar surface area (TPSA) is 20.3 Å². The largest absolute Gasteiger partial charge is 0.306 e. The first-order valence-electron chi connectivity index (χ1n) is 6.37. The van der Waals surface area contributed by atoms with Crippen molar-refractivity contribution in [2.24, 2.45) is 0 Å². The van der Waals surface area contributed by atoms with E-state index in [1.54, 1.807) is 23.1 Å². The van der Waals surface area contributed by atoms with Gasteiger partial charge in [-0.25, -0.2) is 0 Å². The lowest BCUT2D eigenvalue weighted by Gasteiger charge is -2.28. The molecular formula is C15H14ClNOS2. The molecule has 0 unspecified atom stereocenters. The van der Waals surface area contributed by atoms with Crippen LogP contribution in [-0.4, -0.2) is 18.2 Å². The van der Waals surface area contributed by atoms with E-state index in [0.717, 1.165) is 27.8 Å². The number of carbonyl (C=O) groups excluding carboxylic acids is 1. The summed E-state index contributed by atoms with van der Waals surface area (Å²) >= 11 is 9.41. The third kappa shape index (κ3) is 2.48. The third-order valence-corrected chi connectivity index (χ3v) is 5.82. The summed E-state index contributed by atoms with van der Waals surface area (Å²) in [5.41, 5.74) is 2.11. The van der Waals surface area contributed by atoms with Crippen LogP contribution in [0.4, 0.5) is 5.69 Å². The fourth-order valence-corrected chi connectivity index (χ4v) is 4.34. The predicted molar refractivity (Wildman–Crippen MR) is 87.6 cm³/mol. The van der Waals surface area contributed by atoms with Crippen LogP contribution in [0.5, 0.6) is 0 Å². The maximum absolute atomic E-state index is 12.7. The number of aryl methyl sites for hydroxylation is 2. The second kappa shape index (κ2) is 5.43. The average molecular weight is 324 g/mol. The molecule has 1 aliphatic heterocycles. The van der Waals surface area contributed by atoms with Gasteiger partial charge >= 0.3 is 0 Å². The van der Waals surface area contributed by atoms with Crippen LogP contribution in [0.2, 0.25) is 5.02 Å². The molecule has 2 heterocycles. The van der Waals surface area contributed by atoms with Gasteiger partial charge in [0.25, 0.3) is 5.91 Å². The fourth-order valence-electron chi connectivity index (χ4n) is 2.21. The quantitative estimate of drug-likeness (QED) is 0.753. The molecule has 1 amide bonds. The molecule has 0 atom stereocenters. The Morgan fingerprint density at radius 3 is 2.80 bits per heavy atom. The molecule has 20 heavy (non-hydrogen) atoms. The zero-order valence-corrected chi connectivity index (χ0v) is 13.7. The van der Waals surface area contributed by atoms with Crippen molar-refractivity contribution in [3.8, 4) is 0 Å². The first-order valence-corrected chi connectivity index (χ1v) is 8.55. The first kappa shape index (κ1) is 14.0. The maximum Gasteiger partial charge on any atom is 0.268 e. The van der Waals surface area contributed by atoms with Crippen molar-refractivity contribution in [2.75, 3.05) is 17.2 Å². The monoisotopic (exact) mass is 323 g/mol. The lowest BCUT2D eigenvalue weighted by molar-refractivity contribution is 0.0991. The van der Waals surface area contributed by atoms with E-state index in [2.05, 4.69) is 0 Å². The smallest absolute Gasteiger partial charge is 0.268 e. The average Bonchev–Trinajstić information content (AvgIpc) is 2.77. The molecular weight excluding hydrogens is 310 g/mol. The second-order valence-electron chi connectivity index (χ2n) is 4.77. The summed E-state index contributed by atoms with van der Waals surface area (Å²) in [7, 11) is 0. The van der Waals surface area contributed by atoms with E-state index in [1.165, 1.54) is 10.4 Å². The van der Waals surface area contributed by atoms with Crippen LogP contribution in [0.1, 0.15) is 20.1 Å². The summed E-state index contributed by atoms with van der Waals surface area (Å²) in [4.78, 5) is 17.7. The molecule has 0 bridgehead atoms. The second-order valence-corrected chi connectivity index (χ2v) is 7.60. The minimum absolute atomic E-state index is 0.0787. The number of anilines is 1. The number of hydrogen-bond acceptors (Lipinski definition) is 3. The summed E-state index contributed by atoms with van der Waals surface area (Å²) in [6.45, 7) is 4.82. The number of halogens is 1. The van der Waals surface area contributed by atoms with Crippen LogP contribution in [-0.2, 0) is 0 Å². The molecule has 1 aliphatic rings. The molecule has 0 saturated heterocycles. The van der Waals surface area contributed by atoms with E-state index < -0.39 is 0 Å². The molecule has 0 spiro atoms. The molecule has 2 nitrogen and oxygen atoms in total. The lowest BCUT2D eigenvalue weighted by Crippen LogP contribution is -2.34. The van der Waals surface area contributed by atoms with Crippen molar-refractivity contribution in [1.29, 1.82) is 0 Å². The highest BCUT2D eigenvalue weighted by Gasteiger charge is 2.25. The molecule has 3 rings (SSSR count). The zero-order valence-electron chi connectivity index (χ0n) is 11.3. The summed E-state index contributed by atoms with van der Waals surface area (Å²) in [6.07, 6.45) is 0. The Labute approximate surface area is 131 Å².